The fraction of sp³-hybridized carbons (Fsp3) is 0.571. The quantitative estimate of drug-likeness (QED) is 0.237. The zero-order valence-electron chi connectivity index (χ0n) is 18.3. The van der Waals surface area contributed by atoms with E-state index in [1.165, 1.54) is 0 Å². The summed E-state index contributed by atoms with van der Waals surface area (Å²) in [7, 11) is 0. The molecule has 178 valence electrons. The number of nitrogens with two attached hydrogens (primary N) is 4. The highest BCUT2D eigenvalue weighted by atomic mass is 16.4. The molecule has 1 aromatic carbocycles. The van der Waals surface area contributed by atoms with Crippen LogP contribution in [0.15, 0.2) is 30.3 Å². The molecule has 0 saturated heterocycles. The maximum absolute atomic E-state index is 10.4. The van der Waals surface area contributed by atoms with Crippen molar-refractivity contribution < 1.29 is 29.7 Å². The molecule has 10 heteroatoms. The Morgan fingerprint density at radius 1 is 0.806 bits per heavy atom. The van der Waals surface area contributed by atoms with Crippen molar-refractivity contribution in [3.05, 3.63) is 35.9 Å². The summed E-state index contributed by atoms with van der Waals surface area (Å²) in [6.45, 7) is 4.50. The van der Waals surface area contributed by atoms with Gasteiger partial charge in [-0.05, 0) is 43.7 Å². The van der Waals surface area contributed by atoms with Gasteiger partial charge in [0.15, 0.2) is 0 Å². The number of carbonyl (C=O) groups is 3. The van der Waals surface area contributed by atoms with Gasteiger partial charge in [-0.1, -0.05) is 50.6 Å². The lowest BCUT2D eigenvalue weighted by Gasteiger charge is -2.07. The molecule has 0 radical (unpaired) electrons. The number of hydrogen-bond donors (Lipinski definition) is 7. The normalized spacial score (nSPS) is 13.0. The summed E-state index contributed by atoms with van der Waals surface area (Å²) in [5, 5.41) is 25.1. The predicted octanol–water partition coefficient (Wildman–Crippen LogP) is 0.613. The SMILES string of the molecule is CC(C)CC(N)C(=O)O.NC(Cc1ccccc1)C(=O)O.NCCCCC(N)C(=O)O. The van der Waals surface area contributed by atoms with Crippen molar-refractivity contribution in [3.8, 4) is 0 Å². The van der Waals surface area contributed by atoms with Crippen LogP contribution in [0.2, 0.25) is 0 Å². The van der Waals surface area contributed by atoms with Gasteiger partial charge in [0.05, 0.1) is 0 Å². The second-order valence-electron chi connectivity index (χ2n) is 7.44. The number of aliphatic carboxylic acids is 3. The van der Waals surface area contributed by atoms with Crippen LogP contribution in [0.5, 0.6) is 0 Å². The number of unbranched alkanes of at least 4 members (excludes halogenated alkanes) is 1. The Labute approximate surface area is 183 Å². The van der Waals surface area contributed by atoms with E-state index >= 15 is 0 Å². The molecule has 0 bridgehead atoms. The van der Waals surface area contributed by atoms with Crippen LogP contribution >= 0.6 is 0 Å². The minimum absolute atomic E-state index is 0.357. The molecule has 0 spiro atoms. The van der Waals surface area contributed by atoms with Crippen molar-refractivity contribution >= 4 is 17.9 Å². The predicted molar refractivity (Wildman–Crippen MR) is 119 cm³/mol. The summed E-state index contributed by atoms with van der Waals surface area (Å²) >= 11 is 0. The van der Waals surface area contributed by atoms with E-state index in [2.05, 4.69) is 0 Å². The highest BCUT2D eigenvalue weighted by Crippen LogP contribution is 2.02. The highest BCUT2D eigenvalue weighted by Gasteiger charge is 2.12. The van der Waals surface area contributed by atoms with E-state index < -0.39 is 36.0 Å². The number of carboxylic acid groups (broad SMARTS) is 3. The second kappa shape index (κ2) is 18.3. The smallest absolute Gasteiger partial charge is 0.320 e. The van der Waals surface area contributed by atoms with Crippen LogP contribution in [0.1, 0.15) is 45.1 Å². The first-order valence-corrected chi connectivity index (χ1v) is 10.1. The van der Waals surface area contributed by atoms with Gasteiger partial charge in [-0.3, -0.25) is 14.4 Å². The van der Waals surface area contributed by atoms with E-state index in [9.17, 15) is 14.4 Å². The van der Waals surface area contributed by atoms with Gasteiger partial charge >= 0.3 is 17.9 Å². The highest BCUT2D eigenvalue weighted by molar-refractivity contribution is 5.73. The summed E-state index contributed by atoms with van der Waals surface area (Å²) in [6, 6.07) is 7.14. The van der Waals surface area contributed by atoms with Crippen LogP contribution in [0.25, 0.3) is 0 Å². The standard InChI is InChI=1S/C9H11NO2.C6H14N2O2.C6H13NO2/c10-8(9(11)12)6-7-4-2-1-3-5-7;7-4-2-1-3-5(8)6(9)10;1-4(2)3-5(7)6(8)9/h1-5,8H,6,10H2,(H,11,12);5H,1-4,7-8H2,(H,9,10);4-5H,3,7H2,1-2H3,(H,8,9). The fourth-order valence-electron chi connectivity index (χ4n) is 2.20. The van der Waals surface area contributed by atoms with Crippen LogP contribution in [-0.4, -0.2) is 57.9 Å². The van der Waals surface area contributed by atoms with E-state index in [-0.39, 0.29) is 0 Å². The first-order valence-electron chi connectivity index (χ1n) is 10.1. The number of hydrogen-bond acceptors (Lipinski definition) is 7. The summed E-state index contributed by atoms with van der Waals surface area (Å²) < 4.78 is 0. The van der Waals surface area contributed by atoms with E-state index in [1.807, 2.05) is 44.2 Å². The summed E-state index contributed by atoms with van der Waals surface area (Å²) in [6.07, 6.45) is 3.10. The summed E-state index contributed by atoms with van der Waals surface area (Å²) in [5.41, 5.74) is 21.9. The third-order valence-electron chi connectivity index (χ3n) is 3.94. The number of benzene rings is 1. The Morgan fingerprint density at radius 3 is 1.65 bits per heavy atom. The van der Waals surface area contributed by atoms with Crippen LogP contribution in [0.3, 0.4) is 0 Å². The maximum atomic E-state index is 10.4. The largest absolute Gasteiger partial charge is 0.480 e. The Balaban J connectivity index is 0. The van der Waals surface area contributed by atoms with E-state index in [0.717, 1.165) is 18.4 Å². The molecule has 31 heavy (non-hydrogen) atoms. The zero-order chi connectivity index (χ0) is 24.4. The molecule has 0 aliphatic rings. The van der Waals surface area contributed by atoms with Gasteiger partial charge in [0.1, 0.15) is 18.1 Å². The van der Waals surface area contributed by atoms with Crippen molar-refractivity contribution in [1.29, 1.82) is 0 Å². The van der Waals surface area contributed by atoms with E-state index in [1.54, 1.807) is 0 Å². The van der Waals surface area contributed by atoms with Gasteiger partial charge in [0.2, 0.25) is 0 Å². The average Bonchev–Trinajstić information content (AvgIpc) is 2.69. The molecule has 0 amide bonds. The van der Waals surface area contributed by atoms with Crippen molar-refractivity contribution in [2.24, 2.45) is 28.9 Å². The molecule has 1 aromatic rings. The minimum atomic E-state index is -0.959. The van der Waals surface area contributed by atoms with Crippen molar-refractivity contribution in [2.75, 3.05) is 6.54 Å². The molecule has 11 N–H and O–H groups in total. The van der Waals surface area contributed by atoms with Crippen LogP contribution in [-0.2, 0) is 20.8 Å². The Hall–Kier alpha value is -2.53. The van der Waals surface area contributed by atoms with Crippen molar-refractivity contribution in [3.63, 3.8) is 0 Å². The van der Waals surface area contributed by atoms with Crippen molar-refractivity contribution in [1.82, 2.24) is 0 Å². The molecular weight excluding hydrogens is 404 g/mol. The first kappa shape index (κ1) is 30.7. The number of carboxylic acids is 3. The number of rotatable bonds is 11. The first-order chi connectivity index (χ1) is 14.4. The summed E-state index contributed by atoms with van der Waals surface area (Å²) in [5.74, 6) is -2.45. The second-order valence-corrected chi connectivity index (χ2v) is 7.44. The molecule has 0 heterocycles. The van der Waals surface area contributed by atoms with Gasteiger partial charge in [0, 0.05) is 0 Å². The third kappa shape index (κ3) is 19.2. The lowest BCUT2D eigenvalue weighted by atomic mass is 10.1. The topological polar surface area (TPSA) is 216 Å². The molecule has 10 nitrogen and oxygen atoms in total. The van der Waals surface area contributed by atoms with Gasteiger partial charge in [-0.2, -0.15) is 0 Å². The molecule has 0 aliphatic heterocycles. The van der Waals surface area contributed by atoms with Crippen LogP contribution < -0.4 is 22.9 Å². The average molecular weight is 443 g/mol. The Morgan fingerprint density at radius 2 is 1.29 bits per heavy atom. The molecule has 0 saturated carbocycles. The monoisotopic (exact) mass is 442 g/mol. The van der Waals surface area contributed by atoms with Gasteiger partial charge < -0.3 is 38.3 Å². The molecule has 3 atom stereocenters. The van der Waals surface area contributed by atoms with E-state index in [4.69, 9.17) is 38.3 Å². The van der Waals surface area contributed by atoms with E-state index in [0.29, 0.717) is 31.7 Å². The molecule has 1 rings (SSSR count). The Kier molecular flexibility index (Phi) is 18.1. The van der Waals surface area contributed by atoms with Gasteiger partial charge in [-0.25, -0.2) is 0 Å². The Bertz CT molecular complexity index is 628. The minimum Gasteiger partial charge on any atom is -0.480 e. The molecule has 0 aliphatic carbocycles. The van der Waals surface area contributed by atoms with Gasteiger partial charge in [0.25, 0.3) is 0 Å². The maximum Gasteiger partial charge on any atom is 0.320 e. The third-order valence-corrected chi connectivity index (χ3v) is 3.94. The summed E-state index contributed by atoms with van der Waals surface area (Å²) in [4.78, 5) is 30.6. The fourth-order valence-corrected chi connectivity index (χ4v) is 2.20. The van der Waals surface area contributed by atoms with Gasteiger partial charge in [-0.15, -0.1) is 0 Å². The molecule has 0 aromatic heterocycles. The zero-order valence-corrected chi connectivity index (χ0v) is 18.3. The molecule has 0 fully saturated rings. The lowest BCUT2D eigenvalue weighted by molar-refractivity contribution is -0.139. The van der Waals surface area contributed by atoms with Crippen LogP contribution in [0, 0.1) is 5.92 Å². The van der Waals surface area contributed by atoms with Crippen molar-refractivity contribution in [2.45, 2.75) is 64.1 Å². The van der Waals surface area contributed by atoms with Crippen LogP contribution in [0.4, 0.5) is 0 Å². The molecular formula is C21H38N4O6. The lowest BCUT2D eigenvalue weighted by Crippen LogP contribution is -2.32. The molecule has 3 unspecified atom stereocenters.